The highest BCUT2D eigenvalue weighted by molar-refractivity contribution is 6.13. The Bertz CT molecular complexity index is 1060. The van der Waals surface area contributed by atoms with Gasteiger partial charge in [0.25, 0.3) is 5.91 Å². The van der Waals surface area contributed by atoms with Crippen molar-refractivity contribution in [1.82, 2.24) is 15.2 Å². The third kappa shape index (κ3) is 2.87. The van der Waals surface area contributed by atoms with Crippen LogP contribution < -0.4 is 5.43 Å². The van der Waals surface area contributed by atoms with E-state index in [1.54, 1.807) is 30.2 Å². The molecule has 0 saturated carbocycles. The smallest absolute Gasteiger partial charge is 0.275 e. The topological polar surface area (TPSA) is 59.3 Å². The fraction of sp³-hybridized carbons (Fsp3) is 0.0500. The molecular formula is C20H16N4O. The van der Waals surface area contributed by atoms with Crippen LogP contribution in [0.15, 0.2) is 72.0 Å². The van der Waals surface area contributed by atoms with Crippen molar-refractivity contribution in [1.29, 1.82) is 0 Å². The normalized spacial score (nSPS) is 11.4. The molecule has 1 heterocycles. The van der Waals surface area contributed by atoms with Gasteiger partial charge in [-0.05, 0) is 33.7 Å². The number of carbonyl (C=O) groups is 1. The second-order valence-electron chi connectivity index (χ2n) is 5.81. The number of amides is 1. The Balaban J connectivity index is 1.73. The maximum absolute atomic E-state index is 12.1. The van der Waals surface area contributed by atoms with E-state index in [2.05, 4.69) is 46.0 Å². The molecule has 4 aromatic rings. The Morgan fingerprint density at radius 2 is 1.68 bits per heavy atom. The van der Waals surface area contributed by atoms with E-state index in [1.165, 1.54) is 0 Å². The number of nitrogens with zero attached hydrogens (tertiary/aromatic N) is 3. The Kier molecular flexibility index (Phi) is 3.74. The van der Waals surface area contributed by atoms with Gasteiger partial charge in [0.2, 0.25) is 0 Å². The van der Waals surface area contributed by atoms with E-state index >= 15 is 0 Å². The summed E-state index contributed by atoms with van der Waals surface area (Å²) in [6.07, 6.45) is 3.42. The van der Waals surface area contributed by atoms with Crippen LogP contribution in [0.4, 0.5) is 0 Å². The van der Waals surface area contributed by atoms with E-state index in [1.807, 2.05) is 24.3 Å². The molecule has 3 aromatic carbocycles. The van der Waals surface area contributed by atoms with Crippen LogP contribution in [0.25, 0.3) is 21.5 Å². The predicted molar refractivity (Wildman–Crippen MR) is 99.7 cm³/mol. The number of hydrogen-bond acceptors (Lipinski definition) is 3. The second-order valence-corrected chi connectivity index (χ2v) is 5.81. The summed E-state index contributed by atoms with van der Waals surface area (Å²) in [6, 6.07) is 20.1. The van der Waals surface area contributed by atoms with Gasteiger partial charge in [0, 0.05) is 18.8 Å². The van der Waals surface area contributed by atoms with Crippen molar-refractivity contribution in [2.24, 2.45) is 12.1 Å². The molecule has 0 atom stereocenters. The van der Waals surface area contributed by atoms with Crippen LogP contribution in [-0.4, -0.2) is 21.9 Å². The molecule has 0 fully saturated rings. The maximum Gasteiger partial charge on any atom is 0.291 e. The lowest BCUT2D eigenvalue weighted by molar-refractivity contribution is 0.0949. The van der Waals surface area contributed by atoms with Crippen molar-refractivity contribution in [2.45, 2.75) is 0 Å². The first-order chi connectivity index (χ1) is 12.2. The quantitative estimate of drug-likeness (QED) is 0.355. The summed E-state index contributed by atoms with van der Waals surface area (Å²) < 4.78 is 1.58. The summed E-state index contributed by atoms with van der Waals surface area (Å²) >= 11 is 0. The van der Waals surface area contributed by atoms with Gasteiger partial charge in [-0.15, -0.1) is 0 Å². The summed E-state index contributed by atoms with van der Waals surface area (Å²) in [5.74, 6) is -0.332. The highest BCUT2D eigenvalue weighted by Crippen LogP contribution is 2.27. The number of hydrogen-bond donors (Lipinski definition) is 1. The van der Waals surface area contributed by atoms with Gasteiger partial charge in [0.15, 0.2) is 5.69 Å². The minimum atomic E-state index is -0.332. The van der Waals surface area contributed by atoms with E-state index in [0.717, 1.165) is 27.1 Å². The van der Waals surface area contributed by atoms with Crippen LogP contribution in [0.5, 0.6) is 0 Å². The molecule has 0 saturated heterocycles. The van der Waals surface area contributed by atoms with Crippen LogP contribution in [0.1, 0.15) is 16.1 Å². The van der Waals surface area contributed by atoms with Gasteiger partial charge in [0.05, 0.1) is 6.21 Å². The summed E-state index contributed by atoms with van der Waals surface area (Å²) in [5.41, 5.74) is 3.86. The molecule has 1 N–H and O–H groups in total. The fourth-order valence-electron chi connectivity index (χ4n) is 2.94. The number of nitrogens with one attached hydrogen (secondary N) is 1. The third-order valence-electron chi connectivity index (χ3n) is 4.12. The molecule has 0 spiro atoms. The van der Waals surface area contributed by atoms with Crippen LogP contribution in [-0.2, 0) is 7.05 Å². The van der Waals surface area contributed by atoms with Gasteiger partial charge < -0.3 is 0 Å². The number of aromatic nitrogens is 2. The van der Waals surface area contributed by atoms with Crippen LogP contribution >= 0.6 is 0 Å². The molecule has 0 aliphatic rings. The number of carbonyl (C=O) groups excluding carboxylic acids is 1. The summed E-state index contributed by atoms with van der Waals surface area (Å²) in [5, 5.41) is 12.7. The summed E-state index contributed by atoms with van der Waals surface area (Å²) in [7, 11) is 1.77. The summed E-state index contributed by atoms with van der Waals surface area (Å²) in [6.45, 7) is 0. The predicted octanol–water partition coefficient (Wildman–Crippen LogP) is 3.49. The number of aryl methyl sites for hydroxylation is 1. The Morgan fingerprint density at radius 3 is 2.28 bits per heavy atom. The van der Waals surface area contributed by atoms with Crippen LogP contribution in [0.2, 0.25) is 0 Å². The molecule has 0 radical (unpaired) electrons. The van der Waals surface area contributed by atoms with Gasteiger partial charge in [-0.1, -0.05) is 48.5 Å². The van der Waals surface area contributed by atoms with Crippen molar-refractivity contribution >= 4 is 33.7 Å². The fourth-order valence-corrected chi connectivity index (χ4v) is 2.94. The lowest BCUT2D eigenvalue weighted by atomic mass is 9.97. The number of rotatable bonds is 3. The highest BCUT2D eigenvalue weighted by Gasteiger charge is 2.08. The van der Waals surface area contributed by atoms with Gasteiger partial charge in [-0.3, -0.25) is 9.48 Å². The minimum absolute atomic E-state index is 0.332. The van der Waals surface area contributed by atoms with Crippen molar-refractivity contribution in [3.05, 3.63) is 78.1 Å². The first-order valence-corrected chi connectivity index (χ1v) is 7.96. The van der Waals surface area contributed by atoms with Crippen molar-refractivity contribution in [3.8, 4) is 0 Å². The average Bonchev–Trinajstić information content (AvgIpc) is 3.07. The minimum Gasteiger partial charge on any atom is -0.275 e. The van der Waals surface area contributed by atoms with E-state index in [4.69, 9.17) is 0 Å². The highest BCUT2D eigenvalue weighted by atomic mass is 16.2. The molecule has 1 aromatic heterocycles. The molecule has 1 amide bonds. The van der Waals surface area contributed by atoms with E-state index in [-0.39, 0.29) is 5.91 Å². The number of benzene rings is 3. The zero-order valence-electron chi connectivity index (χ0n) is 13.7. The van der Waals surface area contributed by atoms with E-state index in [0.29, 0.717) is 5.69 Å². The third-order valence-corrected chi connectivity index (χ3v) is 4.12. The Labute approximate surface area is 144 Å². The molecule has 0 bridgehead atoms. The lowest BCUT2D eigenvalue weighted by Gasteiger charge is -2.07. The van der Waals surface area contributed by atoms with E-state index in [9.17, 15) is 4.79 Å². The van der Waals surface area contributed by atoms with Crippen molar-refractivity contribution in [2.75, 3.05) is 0 Å². The molecule has 4 rings (SSSR count). The van der Waals surface area contributed by atoms with Crippen LogP contribution in [0, 0.1) is 0 Å². The Hall–Kier alpha value is -3.47. The molecule has 0 aliphatic carbocycles. The zero-order valence-corrected chi connectivity index (χ0v) is 13.7. The Morgan fingerprint density at radius 1 is 1.04 bits per heavy atom. The second kappa shape index (κ2) is 6.20. The van der Waals surface area contributed by atoms with Gasteiger partial charge in [-0.2, -0.15) is 10.2 Å². The number of hydrazone groups is 1. The first-order valence-electron chi connectivity index (χ1n) is 7.96. The first kappa shape index (κ1) is 15.1. The number of fused-ring (bicyclic) bond motifs is 2. The lowest BCUT2D eigenvalue weighted by Crippen LogP contribution is -2.18. The van der Waals surface area contributed by atoms with Gasteiger partial charge in [0.1, 0.15) is 0 Å². The van der Waals surface area contributed by atoms with Crippen LogP contribution in [0.3, 0.4) is 0 Å². The average molecular weight is 328 g/mol. The van der Waals surface area contributed by atoms with Gasteiger partial charge >= 0.3 is 0 Å². The molecule has 122 valence electrons. The molecule has 0 aliphatic heterocycles. The molecule has 5 nitrogen and oxygen atoms in total. The molecular weight excluding hydrogens is 312 g/mol. The maximum atomic E-state index is 12.1. The largest absolute Gasteiger partial charge is 0.291 e. The van der Waals surface area contributed by atoms with Gasteiger partial charge in [-0.25, -0.2) is 5.43 Å². The summed E-state index contributed by atoms with van der Waals surface area (Å²) in [4.78, 5) is 12.1. The van der Waals surface area contributed by atoms with Crippen molar-refractivity contribution in [3.63, 3.8) is 0 Å². The molecule has 25 heavy (non-hydrogen) atoms. The standard InChI is InChI=1S/C20H16N4O/c1-24-11-10-19(23-24)20(25)22-21-13-18-16-8-4-2-6-14(16)12-15-7-3-5-9-17(15)18/h2-13H,1H3,(H,22,25)/b21-13+. The van der Waals surface area contributed by atoms with Crippen molar-refractivity contribution < 1.29 is 4.79 Å². The zero-order chi connectivity index (χ0) is 17.2. The SMILES string of the molecule is Cn1ccc(C(=O)N/N=C/c2c3ccccc3cc3ccccc23)n1. The molecule has 5 heteroatoms. The monoisotopic (exact) mass is 328 g/mol. The van der Waals surface area contributed by atoms with E-state index < -0.39 is 0 Å². The molecule has 0 unspecified atom stereocenters.